The van der Waals surface area contributed by atoms with Gasteiger partial charge in [0.15, 0.2) is 0 Å². The molecule has 0 saturated heterocycles. The van der Waals surface area contributed by atoms with E-state index < -0.39 is 0 Å². The highest BCUT2D eigenvalue weighted by molar-refractivity contribution is 5.24. The van der Waals surface area contributed by atoms with E-state index in [1.807, 2.05) is 0 Å². The van der Waals surface area contributed by atoms with E-state index >= 15 is 0 Å². The molecule has 0 amide bonds. The van der Waals surface area contributed by atoms with Crippen LogP contribution in [0.3, 0.4) is 0 Å². The minimum atomic E-state index is 0.570. The fraction of sp³-hybridized carbons (Fsp3) is 0.667. The first kappa shape index (κ1) is 17.2. The Kier molecular flexibility index (Phi) is 9.35. The Bertz CT molecular complexity index is 334. The van der Waals surface area contributed by atoms with Crippen molar-refractivity contribution in [3.63, 3.8) is 0 Å². The number of unbranched alkanes of at least 4 members (excludes halogenated alkanes) is 2. The van der Waals surface area contributed by atoms with Crippen molar-refractivity contribution in [2.24, 2.45) is 0 Å². The van der Waals surface area contributed by atoms with E-state index in [9.17, 15) is 0 Å². The largest absolute Gasteiger partial charge is 0.377 e. The summed E-state index contributed by atoms with van der Waals surface area (Å²) >= 11 is 0. The van der Waals surface area contributed by atoms with E-state index in [-0.39, 0.29) is 0 Å². The van der Waals surface area contributed by atoms with Crippen molar-refractivity contribution in [2.75, 3.05) is 19.7 Å². The fourth-order valence-electron chi connectivity index (χ4n) is 2.20. The van der Waals surface area contributed by atoms with Gasteiger partial charge in [0, 0.05) is 13.2 Å². The number of benzene rings is 1. The molecule has 0 radical (unpaired) electrons. The third-order valence-corrected chi connectivity index (χ3v) is 3.59. The van der Waals surface area contributed by atoms with E-state index in [1.165, 1.54) is 36.8 Å². The van der Waals surface area contributed by atoms with Crippen molar-refractivity contribution in [3.05, 3.63) is 35.4 Å². The van der Waals surface area contributed by atoms with Crippen molar-refractivity contribution in [2.45, 2.75) is 59.0 Å². The summed E-state index contributed by atoms with van der Waals surface area (Å²) in [5.41, 5.74) is 2.68. The molecule has 1 aromatic carbocycles. The van der Waals surface area contributed by atoms with Gasteiger partial charge in [-0.3, -0.25) is 0 Å². The van der Waals surface area contributed by atoms with Gasteiger partial charge in [-0.2, -0.15) is 0 Å². The van der Waals surface area contributed by atoms with Crippen molar-refractivity contribution in [1.82, 2.24) is 5.32 Å². The van der Waals surface area contributed by atoms with Gasteiger partial charge >= 0.3 is 0 Å². The number of rotatable bonds is 11. The van der Waals surface area contributed by atoms with Crippen LogP contribution < -0.4 is 5.32 Å². The maximum atomic E-state index is 5.69. The van der Waals surface area contributed by atoms with Crippen LogP contribution in [0.4, 0.5) is 0 Å². The first-order valence-corrected chi connectivity index (χ1v) is 8.15. The quantitative estimate of drug-likeness (QED) is 0.601. The molecule has 0 aromatic heterocycles. The predicted octanol–water partition coefficient (Wildman–Crippen LogP) is 4.50. The fourth-order valence-corrected chi connectivity index (χ4v) is 2.20. The zero-order valence-corrected chi connectivity index (χ0v) is 13.5. The molecule has 1 N–H and O–H groups in total. The van der Waals surface area contributed by atoms with E-state index in [2.05, 4.69) is 50.4 Å². The van der Waals surface area contributed by atoms with Gasteiger partial charge in [0.25, 0.3) is 0 Å². The standard InChI is InChI=1S/C18H31NO/c1-4-6-7-13-20-15-17-8-10-18(11-9-17)16(3)14-19-12-5-2/h8-11,16,19H,4-7,12-15H2,1-3H3. The van der Waals surface area contributed by atoms with Crippen molar-refractivity contribution >= 4 is 0 Å². The summed E-state index contributed by atoms with van der Waals surface area (Å²) < 4.78 is 5.69. The molecule has 0 saturated carbocycles. The summed E-state index contributed by atoms with van der Waals surface area (Å²) in [6.45, 7) is 10.5. The van der Waals surface area contributed by atoms with Gasteiger partial charge in [0.1, 0.15) is 0 Å². The van der Waals surface area contributed by atoms with Gasteiger partial charge in [0.2, 0.25) is 0 Å². The lowest BCUT2D eigenvalue weighted by atomic mass is 10.00. The Hall–Kier alpha value is -0.860. The first-order chi connectivity index (χ1) is 9.77. The third-order valence-electron chi connectivity index (χ3n) is 3.59. The number of nitrogens with one attached hydrogen (secondary N) is 1. The molecular formula is C18H31NO. The second-order valence-corrected chi connectivity index (χ2v) is 5.61. The summed E-state index contributed by atoms with van der Waals surface area (Å²) in [6, 6.07) is 8.88. The second-order valence-electron chi connectivity index (χ2n) is 5.61. The Balaban J connectivity index is 2.28. The van der Waals surface area contributed by atoms with Crippen LogP contribution in [0.25, 0.3) is 0 Å². The normalized spacial score (nSPS) is 12.6. The van der Waals surface area contributed by atoms with Crippen LogP contribution in [-0.2, 0) is 11.3 Å². The van der Waals surface area contributed by atoms with E-state index in [0.29, 0.717) is 5.92 Å². The van der Waals surface area contributed by atoms with E-state index in [0.717, 1.165) is 26.3 Å². The van der Waals surface area contributed by atoms with Crippen LogP contribution in [0.15, 0.2) is 24.3 Å². The van der Waals surface area contributed by atoms with Gasteiger partial charge in [-0.1, -0.05) is 57.9 Å². The van der Waals surface area contributed by atoms with Crippen LogP contribution in [0, 0.1) is 0 Å². The van der Waals surface area contributed by atoms with Crippen LogP contribution in [0.2, 0.25) is 0 Å². The highest BCUT2D eigenvalue weighted by atomic mass is 16.5. The zero-order chi connectivity index (χ0) is 14.6. The Labute approximate surface area is 124 Å². The highest BCUT2D eigenvalue weighted by Crippen LogP contribution is 2.15. The summed E-state index contributed by atoms with van der Waals surface area (Å²) in [5.74, 6) is 0.570. The second kappa shape index (κ2) is 10.9. The lowest BCUT2D eigenvalue weighted by Crippen LogP contribution is -2.20. The number of ether oxygens (including phenoxy) is 1. The van der Waals surface area contributed by atoms with E-state index in [1.54, 1.807) is 0 Å². The monoisotopic (exact) mass is 277 g/mol. The van der Waals surface area contributed by atoms with Crippen molar-refractivity contribution < 1.29 is 4.74 Å². The molecule has 0 spiro atoms. The number of hydrogen-bond acceptors (Lipinski definition) is 2. The van der Waals surface area contributed by atoms with Gasteiger partial charge in [0.05, 0.1) is 6.61 Å². The van der Waals surface area contributed by atoms with Gasteiger partial charge in [-0.05, 0) is 36.4 Å². The Morgan fingerprint density at radius 1 is 1.05 bits per heavy atom. The van der Waals surface area contributed by atoms with Crippen LogP contribution in [0.1, 0.15) is 63.5 Å². The van der Waals surface area contributed by atoms with Gasteiger partial charge in [-0.15, -0.1) is 0 Å². The topological polar surface area (TPSA) is 21.3 Å². The lowest BCUT2D eigenvalue weighted by molar-refractivity contribution is 0.117. The van der Waals surface area contributed by atoms with Crippen molar-refractivity contribution in [3.8, 4) is 0 Å². The molecule has 2 heteroatoms. The SMILES string of the molecule is CCCCCOCc1ccc(C(C)CNCCC)cc1. The van der Waals surface area contributed by atoms with Crippen LogP contribution in [0.5, 0.6) is 0 Å². The molecular weight excluding hydrogens is 246 g/mol. The van der Waals surface area contributed by atoms with Gasteiger partial charge < -0.3 is 10.1 Å². The first-order valence-electron chi connectivity index (χ1n) is 8.15. The van der Waals surface area contributed by atoms with Crippen LogP contribution in [-0.4, -0.2) is 19.7 Å². The average Bonchev–Trinajstić information content (AvgIpc) is 2.48. The molecule has 0 aliphatic heterocycles. The van der Waals surface area contributed by atoms with Crippen LogP contribution >= 0.6 is 0 Å². The minimum absolute atomic E-state index is 0.570. The summed E-state index contributed by atoms with van der Waals surface area (Å²) in [4.78, 5) is 0. The summed E-state index contributed by atoms with van der Waals surface area (Å²) in [7, 11) is 0. The maximum absolute atomic E-state index is 5.69. The molecule has 20 heavy (non-hydrogen) atoms. The molecule has 0 fully saturated rings. The van der Waals surface area contributed by atoms with Crippen molar-refractivity contribution in [1.29, 1.82) is 0 Å². The zero-order valence-electron chi connectivity index (χ0n) is 13.5. The minimum Gasteiger partial charge on any atom is -0.377 e. The van der Waals surface area contributed by atoms with Gasteiger partial charge in [-0.25, -0.2) is 0 Å². The Morgan fingerprint density at radius 3 is 2.45 bits per heavy atom. The highest BCUT2D eigenvalue weighted by Gasteiger charge is 2.04. The molecule has 2 nitrogen and oxygen atoms in total. The molecule has 1 aromatic rings. The molecule has 0 aliphatic carbocycles. The molecule has 0 aliphatic rings. The summed E-state index contributed by atoms with van der Waals surface area (Å²) in [5, 5.41) is 3.48. The van der Waals surface area contributed by atoms with E-state index in [4.69, 9.17) is 4.74 Å². The molecule has 1 atom stereocenters. The molecule has 1 rings (SSSR count). The average molecular weight is 277 g/mol. The number of hydrogen-bond donors (Lipinski definition) is 1. The maximum Gasteiger partial charge on any atom is 0.0716 e. The summed E-state index contributed by atoms with van der Waals surface area (Å²) in [6.07, 6.45) is 4.89. The lowest BCUT2D eigenvalue weighted by Gasteiger charge is -2.13. The smallest absolute Gasteiger partial charge is 0.0716 e. The molecule has 1 unspecified atom stereocenters. The Morgan fingerprint density at radius 2 is 1.80 bits per heavy atom. The molecule has 0 bridgehead atoms. The molecule has 114 valence electrons. The third kappa shape index (κ3) is 7.06. The molecule has 0 heterocycles. The predicted molar refractivity (Wildman–Crippen MR) is 87.2 cm³/mol.